The van der Waals surface area contributed by atoms with Crippen LogP contribution in [0.2, 0.25) is 0 Å². The number of nitrogens with zero attached hydrogens (tertiary/aromatic N) is 3. The third kappa shape index (κ3) is 9.27. The second-order valence-corrected chi connectivity index (χ2v) is 13.5. The fourth-order valence-electron chi connectivity index (χ4n) is 5.21. The van der Waals surface area contributed by atoms with Crippen LogP contribution < -0.4 is 9.64 Å². The number of amides is 4. The summed E-state index contributed by atoms with van der Waals surface area (Å²) in [6.07, 6.45) is 5.49. The van der Waals surface area contributed by atoms with E-state index in [9.17, 15) is 27.6 Å². The molecule has 1 fully saturated rings. The Bertz CT molecular complexity index is 1520. The topological polar surface area (TPSA) is 162 Å². The quantitative estimate of drug-likeness (QED) is 0.123. The smallest absolute Gasteiger partial charge is 0.333 e. The minimum Gasteiger partial charge on any atom is -0.481 e. The van der Waals surface area contributed by atoms with Crippen molar-refractivity contribution < 1.29 is 42.0 Å². The number of benzene rings is 1. The van der Waals surface area contributed by atoms with Crippen LogP contribution in [0.25, 0.3) is 5.57 Å². The van der Waals surface area contributed by atoms with Gasteiger partial charge in [0.05, 0.1) is 5.75 Å². The number of ether oxygens (including phenoxy) is 1. The van der Waals surface area contributed by atoms with E-state index in [1.807, 2.05) is 18.2 Å². The van der Waals surface area contributed by atoms with Crippen LogP contribution in [0.1, 0.15) is 72.3 Å². The van der Waals surface area contributed by atoms with E-state index in [0.29, 0.717) is 30.8 Å². The lowest BCUT2D eigenvalue weighted by atomic mass is 9.80. The van der Waals surface area contributed by atoms with Gasteiger partial charge in [-0.2, -0.15) is 8.42 Å². The van der Waals surface area contributed by atoms with Crippen LogP contribution in [0.4, 0.5) is 10.5 Å². The molecular formula is C32H43N3O9S. The van der Waals surface area contributed by atoms with E-state index >= 15 is 0 Å². The summed E-state index contributed by atoms with van der Waals surface area (Å²) in [5, 5.41) is 8.87. The molecule has 1 aromatic rings. The number of urea groups is 1. The molecule has 2 aliphatic rings. The van der Waals surface area contributed by atoms with Crippen molar-refractivity contribution in [3.05, 3.63) is 53.3 Å². The lowest BCUT2D eigenvalue weighted by Gasteiger charge is -2.34. The number of barbiturate groups is 1. The molecule has 13 heteroatoms. The van der Waals surface area contributed by atoms with Gasteiger partial charge in [0, 0.05) is 49.9 Å². The van der Waals surface area contributed by atoms with Crippen molar-refractivity contribution in [1.29, 1.82) is 0 Å². The van der Waals surface area contributed by atoms with E-state index in [0.717, 1.165) is 39.7 Å². The number of aliphatic carboxylic acids is 1. The number of carboxylic acid groups (broad SMARTS) is 1. The van der Waals surface area contributed by atoms with Gasteiger partial charge in [-0.05, 0) is 74.5 Å². The number of carbonyl (C=O) groups excluding carboxylic acids is 3. The molecule has 2 aliphatic heterocycles. The van der Waals surface area contributed by atoms with Gasteiger partial charge in [-0.3, -0.25) is 28.7 Å². The van der Waals surface area contributed by atoms with Crippen molar-refractivity contribution in [2.75, 3.05) is 36.8 Å². The molecule has 3 rings (SSSR count). The normalized spacial score (nSPS) is 17.5. The molecule has 1 aromatic carbocycles. The van der Waals surface area contributed by atoms with Crippen molar-refractivity contribution in [1.82, 2.24) is 9.80 Å². The van der Waals surface area contributed by atoms with Crippen LogP contribution in [0.3, 0.4) is 0 Å². The summed E-state index contributed by atoms with van der Waals surface area (Å²) < 4.78 is 37.8. The fraction of sp³-hybridized carbons (Fsp3) is 0.500. The first-order valence-electron chi connectivity index (χ1n) is 15.1. The molecule has 45 heavy (non-hydrogen) atoms. The van der Waals surface area contributed by atoms with E-state index in [2.05, 4.69) is 45.6 Å². The monoisotopic (exact) mass is 645 g/mol. The average molecular weight is 646 g/mol. The highest BCUT2D eigenvalue weighted by atomic mass is 32.2. The van der Waals surface area contributed by atoms with Crippen molar-refractivity contribution in [2.24, 2.45) is 5.41 Å². The zero-order chi connectivity index (χ0) is 33.5. The molecule has 0 aliphatic carbocycles. The van der Waals surface area contributed by atoms with E-state index in [1.165, 1.54) is 12.2 Å². The number of rotatable bonds is 14. The Kier molecular flexibility index (Phi) is 11.7. The molecule has 0 radical (unpaired) electrons. The number of carbonyl (C=O) groups is 4. The summed E-state index contributed by atoms with van der Waals surface area (Å²) in [5.74, 6) is -2.31. The van der Waals surface area contributed by atoms with E-state index in [4.69, 9.17) is 14.4 Å². The Morgan fingerprint density at radius 1 is 0.956 bits per heavy atom. The number of carboxylic acids is 1. The highest BCUT2D eigenvalue weighted by molar-refractivity contribution is 7.85. The molecule has 1 saturated heterocycles. The highest BCUT2D eigenvalue weighted by Crippen LogP contribution is 2.44. The number of anilines is 1. The van der Waals surface area contributed by atoms with E-state index < -0.39 is 39.7 Å². The van der Waals surface area contributed by atoms with Crippen LogP contribution in [-0.2, 0) is 24.5 Å². The molecule has 0 aromatic heterocycles. The van der Waals surface area contributed by atoms with Gasteiger partial charge in [0.2, 0.25) is 0 Å². The summed E-state index contributed by atoms with van der Waals surface area (Å²) >= 11 is 0. The Hall–Kier alpha value is -3.97. The maximum absolute atomic E-state index is 13.4. The van der Waals surface area contributed by atoms with E-state index in [-0.39, 0.29) is 36.9 Å². The first-order valence-corrected chi connectivity index (χ1v) is 16.7. The number of hydrogen-bond acceptors (Lipinski definition) is 8. The molecule has 0 atom stereocenters. The second kappa shape index (κ2) is 14.9. The number of fused-ring (bicyclic) bond motifs is 1. The third-order valence-electron chi connectivity index (χ3n) is 7.59. The van der Waals surface area contributed by atoms with Crippen LogP contribution >= 0.6 is 0 Å². The van der Waals surface area contributed by atoms with Crippen molar-refractivity contribution in [3.8, 4) is 5.75 Å². The van der Waals surface area contributed by atoms with Crippen molar-refractivity contribution in [2.45, 2.75) is 66.7 Å². The van der Waals surface area contributed by atoms with Gasteiger partial charge in [0.1, 0.15) is 17.1 Å². The molecule has 0 saturated carbocycles. The molecule has 246 valence electrons. The molecule has 12 nitrogen and oxygen atoms in total. The molecule has 0 unspecified atom stereocenters. The number of hydrogen-bond donors (Lipinski definition) is 2. The highest BCUT2D eigenvalue weighted by Gasteiger charge is 2.41. The number of unbranched alkanes of at least 4 members (excludes halogenated alkanes) is 2. The summed E-state index contributed by atoms with van der Waals surface area (Å²) in [6, 6.07) is 5.13. The Morgan fingerprint density at radius 3 is 2.13 bits per heavy atom. The Labute approximate surface area is 264 Å². The SMILES string of the molecule is CCN(CC)c1ccc2c(c1)O/C(=C/C=C1\C(=O)N(CCCCCC(=O)O)C(=O)N(CCCS(=O)(=O)O)C1=O)C=C2C(C)(C)C. The second-order valence-electron chi connectivity index (χ2n) is 12.0. The molecule has 0 spiro atoms. The zero-order valence-electron chi connectivity index (χ0n) is 26.5. The zero-order valence-corrected chi connectivity index (χ0v) is 27.4. The van der Waals surface area contributed by atoms with Gasteiger partial charge in [-0.1, -0.05) is 27.2 Å². The fourth-order valence-corrected chi connectivity index (χ4v) is 5.71. The largest absolute Gasteiger partial charge is 0.481 e. The van der Waals surface area contributed by atoms with Crippen molar-refractivity contribution >= 4 is 45.2 Å². The standard InChI is InChI=1S/C32H43N3O9S/c1-6-33(7-2)22-13-15-24-26(32(3,4)5)21-23(44-27(24)20-22)14-16-25-29(38)34(17-10-8-9-12-28(36)37)31(40)35(30(25)39)18-11-19-45(41,42)43/h13-16,20-21H,6-12,17-19H2,1-5H3,(H,36,37)(H,41,42,43)/b23-14+,25-16+. The number of allylic oxidation sites excluding steroid dienone is 4. The van der Waals surface area contributed by atoms with Gasteiger partial charge in [-0.15, -0.1) is 0 Å². The lowest BCUT2D eigenvalue weighted by molar-refractivity contribution is -0.138. The third-order valence-corrected chi connectivity index (χ3v) is 8.39. The molecule has 4 amide bonds. The maximum atomic E-state index is 13.4. The summed E-state index contributed by atoms with van der Waals surface area (Å²) in [6.45, 7) is 11.6. The lowest BCUT2D eigenvalue weighted by Crippen LogP contribution is -2.56. The van der Waals surface area contributed by atoms with Crippen LogP contribution in [-0.4, -0.2) is 83.6 Å². The summed E-state index contributed by atoms with van der Waals surface area (Å²) in [7, 11) is -4.33. The van der Waals surface area contributed by atoms with Gasteiger partial charge in [-0.25, -0.2) is 4.79 Å². The first kappa shape index (κ1) is 35.5. The molecule has 2 heterocycles. The van der Waals surface area contributed by atoms with Crippen LogP contribution in [0.5, 0.6) is 5.75 Å². The molecule has 2 N–H and O–H groups in total. The van der Waals surface area contributed by atoms with Gasteiger partial charge < -0.3 is 14.7 Å². The molecule has 0 bridgehead atoms. The van der Waals surface area contributed by atoms with Crippen LogP contribution in [0.15, 0.2) is 47.8 Å². The minimum atomic E-state index is -4.33. The Morgan fingerprint density at radius 2 is 1.58 bits per heavy atom. The minimum absolute atomic E-state index is 0.0511. The average Bonchev–Trinajstić information content (AvgIpc) is 2.95. The summed E-state index contributed by atoms with van der Waals surface area (Å²) in [4.78, 5) is 54.7. The van der Waals surface area contributed by atoms with Crippen molar-refractivity contribution in [3.63, 3.8) is 0 Å². The predicted molar refractivity (Wildman–Crippen MR) is 170 cm³/mol. The number of imide groups is 2. The maximum Gasteiger partial charge on any atom is 0.333 e. The van der Waals surface area contributed by atoms with Gasteiger partial charge >= 0.3 is 12.0 Å². The van der Waals surface area contributed by atoms with Gasteiger partial charge in [0.15, 0.2) is 0 Å². The van der Waals surface area contributed by atoms with E-state index in [1.54, 1.807) is 0 Å². The van der Waals surface area contributed by atoms with Crippen LogP contribution in [0, 0.1) is 5.41 Å². The predicted octanol–water partition coefficient (Wildman–Crippen LogP) is 4.88. The summed E-state index contributed by atoms with van der Waals surface area (Å²) in [5.41, 5.74) is 2.33. The molecular weight excluding hydrogens is 602 g/mol. The Balaban J connectivity index is 1.98. The first-order chi connectivity index (χ1) is 21.1. The van der Waals surface area contributed by atoms with Gasteiger partial charge in [0.25, 0.3) is 21.9 Å².